The maximum absolute atomic E-state index is 12.4. The van der Waals surface area contributed by atoms with E-state index in [2.05, 4.69) is 34.7 Å². The van der Waals surface area contributed by atoms with Gasteiger partial charge in [0.05, 0.1) is 0 Å². The molecule has 6 nitrogen and oxygen atoms in total. The SMILES string of the molecule is Cc1cc(C(=O)NN2C(C)CCCC2C)cc(NN)n1. The summed E-state index contributed by atoms with van der Waals surface area (Å²) < 4.78 is 0. The molecule has 0 saturated carbocycles. The van der Waals surface area contributed by atoms with E-state index in [1.807, 2.05) is 6.92 Å². The number of pyridine rings is 1. The van der Waals surface area contributed by atoms with E-state index in [4.69, 9.17) is 5.84 Å². The van der Waals surface area contributed by atoms with Crippen molar-refractivity contribution < 1.29 is 4.79 Å². The van der Waals surface area contributed by atoms with E-state index in [1.165, 1.54) is 6.42 Å². The monoisotopic (exact) mass is 277 g/mol. The molecular formula is C14H23N5O. The Kier molecular flexibility index (Phi) is 4.57. The first-order chi connectivity index (χ1) is 9.51. The second-order valence-corrected chi connectivity index (χ2v) is 5.50. The number of aromatic nitrogens is 1. The summed E-state index contributed by atoms with van der Waals surface area (Å²) in [6.45, 7) is 6.12. The van der Waals surface area contributed by atoms with Gasteiger partial charge in [0, 0.05) is 23.3 Å². The fourth-order valence-electron chi connectivity index (χ4n) is 2.70. The predicted octanol–water partition coefficient (Wildman–Crippen LogP) is 1.58. The number of anilines is 1. The highest BCUT2D eigenvalue weighted by atomic mass is 16.2. The third kappa shape index (κ3) is 3.26. The summed E-state index contributed by atoms with van der Waals surface area (Å²) in [5.74, 6) is 5.74. The molecule has 2 rings (SSSR count). The van der Waals surface area contributed by atoms with Crippen LogP contribution in [0.4, 0.5) is 5.82 Å². The van der Waals surface area contributed by atoms with E-state index < -0.39 is 0 Å². The molecule has 1 saturated heterocycles. The third-order valence-corrected chi connectivity index (χ3v) is 3.79. The molecule has 1 fully saturated rings. The molecule has 2 unspecified atom stereocenters. The topological polar surface area (TPSA) is 83.3 Å². The van der Waals surface area contributed by atoms with Gasteiger partial charge in [0.1, 0.15) is 5.82 Å². The van der Waals surface area contributed by atoms with Gasteiger partial charge in [0.2, 0.25) is 0 Å². The molecule has 1 aliphatic rings. The van der Waals surface area contributed by atoms with Gasteiger partial charge in [-0.05, 0) is 45.7 Å². The number of carbonyl (C=O) groups is 1. The molecule has 1 aromatic rings. The lowest BCUT2D eigenvalue weighted by molar-refractivity contribution is 0.0369. The Labute approximate surface area is 119 Å². The van der Waals surface area contributed by atoms with Crippen LogP contribution in [0, 0.1) is 6.92 Å². The number of carbonyl (C=O) groups excluding carboxylic acids is 1. The molecule has 0 aromatic carbocycles. The van der Waals surface area contributed by atoms with Crippen molar-refractivity contribution in [1.29, 1.82) is 0 Å². The highest BCUT2D eigenvalue weighted by Gasteiger charge is 2.26. The molecule has 0 bridgehead atoms. The van der Waals surface area contributed by atoms with Gasteiger partial charge in [-0.1, -0.05) is 6.42 Å². The van der Waals surface area contributed by atoms with Crippen LogP contribution >= 0.6 is 0 Å². The van der Waals surface area contributed by atoms with Crippen molar-refractivity contribution in [2.75, 3.05) is 5.43 Å². The number of hydrazine groups is 2. The standard InChI is InChI=1S/C14H23N5O/c1-9-7-12(8-13(16-9)17-15)14(20)18-19-10(2)5-4-6-11(19)3/h7-8,10-11H,4-6,15H2,1-3H3,(H,16,17)(H,18,20). The summed E-state index contributed by atoms with van der Waals surface area (Å²) in [7, 11) is 0. The molecule has 1 amide bonds. The van der Waals surface area contributed by atoms with E-state index in [1.54, 1.807) is 12.1 Å². The zero-order chi connectivity index (χ0) is 14.7. The number of nitrogens with two attached hydrogens (primary N) is 1. The number of rotatable bonds is 3. The first-order valence-electron chi connectivity index (χ1n) is 7.06. The zero-order valence-electron chi connectivity index (χ0n) is 12.3. The Morgan fingerprint density at radius 1 is 1.35 bits per heavy atom. The largest absolute Gasteiger partial charge is 0.308 e. The van der Waals surface area contributed by atoms with Crippen molar-refractivity contribution >= 4 is 11.7 Å². The van der Waals surface area contributed by atoms with Crippen LogP contribution in [-0.2, 0) is 0 Å². The Hall–Kier alpha value is -1.66. The fourth-order valence-corrected chi connectivity index (χ4v) is 2.70. The molecule has 6 heteroatoms. The van der Waals surface area contributed by atoms with Gasteiger partial charge < -0.3 is 5.43 Å². The molecule has 2 heterocycles. The lowest BCUT2D eigenvalue weighted by Crippen LogP contribution is -2.54. The molecule has 1 aliphatic heterocycles. The normalized spacial score (nSPS) is 23.4. The molecule has 0 radical (unpaired) electrons. The highest BCUT2D eigenvalue weighted by Crippen LogP contribution is 2.20. The van der Waals surface area contributed by atoms with Gasteiger partial charge in [0.15, 0.2) is 0 Å². The van der Waals surface area contributed by atoms with Gasteiger partial charge in [-0.15, -0.1) is 0 Å². The Bertz CT molecular complexity index is 480. The van der Waals surface area contributed by atoms with Crippen molar-refractivity contribution in [3.05, 3.63) is 23.4 Å². The minimum Gasteiger partial charge on any atom is -0.308 e. The second-order valence-electron chi connectivity index (χ2n) is 5.50. The van der Waals surface area contributed by atoms with Crippen molar-refractivity contribution in [3.8, 4) is 0 Å². The summed E-state index contributed by atoms with van der Waals surface area (Å²) >= 11 is 0. The number of amides is 1. The van der Waals surface area contributed by atoms with Gasteiger partial charge in [0.25, 0.3) is 5.91 Å². The summed E-state index contributed by atoms with van der Waals surface area (Å²) in [6.07, 6.45) is 3.43. The molecule has 110 valence electrons. The summed E-state index contributed by atoms with van der Waals surface area (Å²) in [6, 6.07) is 4.13. The molecule has 4 N–H and O–H groups in total. The number of hydrogen-bond acceptors (Lipinski definition) is 5. The minimum absolute atomic E-state index is 0.118. The van der Waals surface area contributed by atoms with E-state index in [0.717, 1.165) is 18.5 Å². The molecule has 0 aliphatic carbocycles. The van der Waals surface area contributed by atoms with Gasteiger partial charge in [-0.25, -0.2) is 15.8 Å². The van der Waals surface area contributed by atoms with Crippen LogP contribution in [0.3, 0.4) is 0 Å². The van der Waals surface area contributed by atoms with E-state index in [-0.39, 0.29) is 5.91 Å². The average molecular weight is 277 g/mol. The van der Waals surface area contributed by atoms with Crippen LogP contribution in [0.25, 0.3) is 0 Å². The molecule has 1 aromatic heterocycles. The first-order valence-corrected chi connectivity index (χ1v) is 7.06. The van der Waals surface area contributed by atoms with Gasteiger partial charge in [-0.3, -0.25) is 10.2 Å². The van der Waals surface area contributed by atoms with Gasteiger partial charge in [-0.2, -0.15) is 0 Å². The molecule has 2 atom stereocenters. The number of nitrogens with one attached hydrogen (secondary N) is 2. The third-order valence-electron chi connectivity index (χ3n) is 3.79. The maximum atomic E-state index is 12.4. The Balaban J connectivity index is 2.13. The lowest BCUT2D eigenvalue weighted by Gasteiger charge is -2.38. The van der Waals surface area contributed by atoms with Crippen molar-refractivity contribution in [2.45, 2.75) is 52.1 Å². The Morgan fingerprint density at radius 3 is 2.60 bits per heavy atom. The van der Waals surface area contributed by atoms with E-state index >= 15 is 0 Å². The zero-order valence-corrected chi connectivity index (χ0v) is 12.3. The van der Waals surface area contributed by atoms with Crippen LogP contribution in [0.2, 0.25) is 0 Å². The summed E-state index contributed by atoms with van der Waals surface area (Å²) in [5.41, 5.74) is 6.81. The lowest BCUT2D eigenvalue weighted by atomic mass is 10.00. The summed E-state index contributed by atoms with van der Waals surface area (Å²) in [5, 5.41) is 2.05. The minimum atomic E-state index is -0.118. The number of aryl methyl sites for hydroxylation is 1. The fraction of sp³-hybridized carbons (Fsp3) is 0.571. The smallest absolute Gasteiger partial charge is 0.265 e. The van der Waals surface area contributed by atoms with Gasteiger partial charge >= 0.3 is 0 Å². The highest BCUT2D eigenvalue weighted by molar-refractivity contribution is 5.94. The van der Waals surface area contributed by atoms with Crippen LogP contribution in [0.5, 0.6) is 0 Å². The number of hydrogen-bond donors (Lipinski definition) is 3. The quantitative estimate of drug-likeness (QED) is 0.577. The number of nitrogens with zero attached hydrogens (tertiary/aromatic N) is 2. The number of piperidine rings is 1. The van der Waals surface area contributed by atoms with Crippen molar-refractivity contribution in [3.63, 3.8) is 0 Å². The van der Waals surface area contributed by atoms with E-state index in [9.17, 15) is 4.79 Å². The van der Waals surface area contributed by atoms with Crippen LogP contribution in [-0.4, -0.2) is 28.0 Å². The van der Waals surface area contributed by atoms with Crippen LogP contribution in [0.1, 0.15) is 49.2 Å². The summed E-state index contributed by atoms with van der Waals surface area (Å²) in [4.78, 5) is 16.6. The first kappa shape index (κ1) is 14.7. The molecular weight excluding hydrogens is 254 g/mol. The van der Waals surface area contributed by atoms with Crippen LogP contribution in [0.15, 0.2) is 12.1 Å². The number of nitrogen functional groups attached to an aromatic ring is 1. The van der Waals surface area contributed by atoms with Crippen molar-refractivity contribution in [1.82, 2.24) is 15.4 Å². The maximum Gasteiger partial charge on any atom is 0.265 e. The average Bonchev–Trinajstić information content (AvgIpc) is 2.42. The molecule has 20 heavy (non-hydrogen) atoms. The Morgan fingerprint density at radius 2 is 2.00 bits per heavy atom. The molecule has 0 spiro atoms. The predicted molar refractivity (Wildman–Crippen MR) is 78.9 cm³/mol. The van der Waals surface area contributed by atoms with E-state index in [0.29, 0.717) is 23.5 Å². The second kappa shape index (κ2) is 6.19. The van der Waals surface area contributed by atoms with Crippen LogP contribution < -0.4 is 16.7 Å². The van der Waals surface area contributed by atoms with Crippen molar-refractivity contribution in [2.24, 2.45) is 5.84 Å².